The fourth-order valence-corrected chi connectivity index (χ4v) is 2.11. The smallest absolute Gasteiger partial charge is 0.251 e. The molecule has 2 aromatic carbocycles. The minimum atomic E-state index is -0.356. The summed E-state index contributed by atoms with van der Waals surface area (Å²) in [5.74, 6) is -0.816. The van der Waals surface area contributed by atoms with Crippen LogP contribution in [0.3, 0.4) is 0 Å². The van der Waals surface area contributed by atoms with Crippen molar-refractivity contribution in [3.8, 4) is 0 Å². The van der Waals surface area contributed by atoms with E-state index in [1.165, 1.54) is 7.05 Å². The Morgan fingerprint density at radius 1 is 0.917 bits per heavy atom. The van der Waals surface area contributed by atoms with Crippen LogP contribution in [0.4, 0.5) is 5.69 Å². The van der Waals surface area contributed by atoms with Crippen LogP contribution >= 0.6 is 0 Å². The fourth-order valence-electron chi connectivity index (χ4n) is 2.11. The monoisotopic (exact) mass is 325 g/mol. The van der Waals surface area contributed by atoms with Crippen LogP contribution in [0.15, 0.2) is 54.6 Å². The van der Waals surface area contributed by atoms with Crippen molar-refractivity contribution >= 4 is 23.4 Å². The molecule has 6 heteroatoms. The molecule has 0 fully saturated rings. The number of rotatable bonds is 6. The summed E-state index contributed by atoms with van der Waals surface area (Å²) in [6.45, 7) is -0.129. The van der Waals surface area contributed by atoms with E-state index in [-0.39, 0.29) is 30.7 Å². The molecule has 0 bridgehead atoms. The molecule has 0 aliphatic heterocycles. The van der Waals surface area contributed by atoms with Crippen LogP contribution in [0.5, 0.6) is 0 Å². The predicted molar refractivity (Wildman–Crippen MR) is 91.6 cm³/mol. The molecule has 0 aliphatic rings. The minimum Gasteiger partial charge on any atom is -0.355 e. The third-order valence-corrected chi connectivity index (χ3v) is 3.29. The molecule has 0 spiro atoms. The number of nitrogens with one attached hydrogen (secondary N) is 3. The topological polar surface area (TPSA) is 87.3 Å². The lowest BCUT2D eigenvalue weighted by molar-refractivity contribution is -0.123. The van der Waals surface area contributed by atoms with E-state index in [1.807, 2.05) is 30.3 Å². The van der Waals surface area contributed by atoms with Gasteiger partial charge in [-0.3, -0.25) is 14.4 Å². The SMILES string of the molecule is CNC(=O)c1cccc(NC(=O)CNC(=O)Cc2ccccc2)c1. The number of carbonyl (C=O) groups is 3. The lowest BCUT2D eigenvalue weighted by atomic mass is 10.1. The summed E-state index contributed by atoms with van der Waals surface area (Å²) in [5.41, 5.74) is 1.83. The summed E-state index contributed by atoms with van der Waals surface area (Å²) in [6.07, 6.45) is 0.222. The molecule has 24 heavy (non-hydrogen) atoms. The summed E-state index contributed by atoms with van der Waals surface area (Å²) in [6, 6.07) is 15.9. The van der Waals surface area contributed by atoms with Crippen molar-refractivity contribution in [2.75, 3.05) is 18.9 Å². The maximum atomic E-state index is 11.9. The highest BCUT2D eigenvalue weighted by Crippen LogP contribution is 2.10. The Balaban J connectivity index is 1.83. The van der Waals surface area contributed by atoms with Crippen molar-refractivity contribution in [2.45, 2.75) is 6.42 Å². The van der Waals surface area contributed by atoms with E-state index in [2.05, 4.69) is 16.0 Å². The molecule has 0 saturated carbocycles. The van der Waals surface area contributed by atoms with Gasteiger partial charge >= 0.3 is 0 Å². The van der Waals surface area contributed by atoms with Crippen molar-refractivity contribution < 1.29 is 14.4 Å². The average Bonchev–Trinajstić information content (AvgIpc) is 2.60. The number of carbonyl (C=O) groups excluding carboxylic acids is 3. The van der Waals surface area contributed by atoms with E-state index in [0.717, 1.165) is 5.56 Å². The van der Waals surface area contributed by atoms with Crippen LogP contribution in [0.1, 0.15) is 15.9 Å². The zero-order valence-electron chi connectivity index (χ0n) is 13.3. The highest BCUT2D eigenvalue weighted by molar-refractivity contribution is 5.98. The maximum absolute atomic E-state index is 11.9. The van der Waals surface area contributed by atoms with Gasteiger partial charge in [0.25, 0.3) is 5.91 Å². The third-order valence-electron chi connectivity index (χ3n) is 3.29. The van der Waals surface area contributed by atoms with Gasteiger partial charge in [-0.05, 0) is 23.8 Å². The summed E-state index contributed by atoms with van der Waals surface area (Å²) in [4.78, 5) is 35.3. The highest BCUT2D eigenvalue weighted by Gasteiger charge is 2.08. The molecule has 0 saturated heterocycles. The first kappa shape index (κ1) is 17.2. The van der Waals surface area contributed by atoms with Gasteiger partial charge < -0.3 is 16.0 Å². The molecular formula is C18H19N3O3. The van der Waals surface area contributed by atoms with Gasteiger partial charge in [0.15, 0.2) is 0 Å². The second-order valence-corrected chi connectivity index (χ2v) is 5.15. The number of amides is 3. The maximum Gasteiger partial charge on any atom is 0.251 e. The number of benzene rings is 2. The molecule has 0 heterocycles. The summed E-state index contributed by atoms with van der Waals surface area (Å²) in [5, 5.41) is 7.73. The molecule has 2 aromatic rings. The Hall–Kier alpha value is -3.15. The van der Waals surface area contributed by atoms with Gasteiger partial charge in [-0.1, -0.05) is 36.4 Å². The molecule has 3 amide bonds. The zero-order valence-corrected chi connectivity index (χ0v) is 13.3. The van der Waals surface area contributed by atoms with Crippen molar-refractivity contribution in [2.24, 2.45) is 0 Å². The molecule has 2 rings (SSSR count). The van der Waals surface area contributed by atoms with Gasteiger partial charge in [0.05, 0.1) is 13.0 Å². The van der Waals surface area contributed by atoms with E-state index < -0.39 is 0 Å². The summed E-state index contributed by atoms with van der Waals surface area (Å²) >= 11 is 0. The van der Waals surface area contributed by atoms with E-state index in [4.69, 9.17) is 0 Å². The molecule has 6 nitrogen and oxygen atoms in total. The van der Waals surface area contributed by atoms with Gasteiger partial charge in [0.2, 0.25) is 11.8 Å². The molecule has 0 aliphatic carbocycles. The van der Waals surface area contributed by atoms with E-state index in [9.17, 15) is 14.4 Å². The standard InChI is InChI=1S/C18H19N3O3/c1-19-18(24)14-8-5-9-15(11-14)21-17(23)12-20-16(22)10-13-6-3-2-4-7-13/h2-9,11H,10,12H2,1H3,(H,19,24)(H,20,22)(H,21,23). The van der Waals surface area contributed by atoms with E-state index in [0.29, 0.717) is 11.3 Å². The molecule has 0 atom stereocenters. The van der Waals surface area contributed by atoms with E-state index >= 15 is 0 Å². The second-order valence-electron chi connectivity index (χ2n) is 5.15. The quantitative estimate of drug-likeness (QED) is 0.749. The zero-order chi connectivity index (χ0) is 17.4. The Morgan fingerprint density at radius 2 is 1.67 bits per heavy atom. The number of hydrogen-bond acceptors (Lipinski definition) is 3. The average molecular weight is 325 g/mol. The van der Waals surface area contributed by atoms with Crippen LogP contribution in [0.25, 0.3) is 0 Å². The van der Waals surface area contributed by atoms with Crippen molar-refractivity contribution in [3.63, 3.8) is 0 Å². The minimum absolute atomic E-state index is 0.129. The fraction of sp³-hybridized carbons (Fsp3) is 0.167. The first-order valence-corrected chi connectivity index (χ1v) is 7.51. The Kier molecular flexibility index (Phi) is 6.08. The van der Waals surface area contributed by atoms with Crippen LogP contribution in [0.2, 0.25) is 0 Å². The lowest BCUT2D eigenvalue weighted by Gasteiger charge is -2.08. The van der Waals surface area contributed by atoms with E-state index in [1.54, 1.807) is 24.3 Å². The van der Waals surface area contributed by atoms with Crippen LogP contribution in [-0.4, -0.2) is 31.3 Å². The Labute approximate surface area is 140 Å². The van der Waals surface area contributed by atoms with Crippen molar-refractivity contribution in [1.29, 1.82) is 0 Å². The third kappa shape index (κ3) is 5.24. The Bertz CT molecular complexity index is 729. The van der Waals surface area contributed by atoms with Crippen molar-refractivity contribution in [1.82, 2.24) is 10.6 Å². The lowest BCUT2D eigenvalue weighted by Crippen LogP contribution is -2.33. The van der Waals surface area contributed by atoms with Crippen LogP contribution in [0, 0.1) is 0 Å². The predicted octanol–water partition coefficient (Wildman–Crippen LogP) is 1.34. The second kappa shape index (κ2) is 8.47. The first-order chi connectivity index (χ1) is 11.6. The number of anilines is 1. The highest BCUT2D eigenvalue weighted by atomic mass is 16.2. The molecule has 0 radical (unpaired) electrons. The number of hydrogen-bond donors (Lipinski definition) is 3. The van der Waals surface area contributed by atoms with Gasteiger partial charge in [0, 0.05) is 18.3 Å². The van der Waals surface area contributed by atoms with Crippen LogP contribution < -0.4 is 16.0 Å². The normalized spacial score (nSPS) is 9.88. The Morgan fingerprint density at radius 3 is 2.38 bits per heavy atom. The largest absolute Gasteiger partial charge is 0.355 e. The van der Waals surface area contributed by atoms with Gasteiger partial charge in [-0.15, -0.1) is 0 Å². The molecular weight excluding hydrogens is 306 g/mol. The van der Waals surface area contributed by atoms with Gasteiger partial charge in [-0.2, -0.15) is 0 Å². The summed E-state index contributed by atoms with van der Waals surface area (Å²) < 4.78 is 0. The van der Waals surface area contributed by atoms with Crippen molar-refractivity contribution in [3.05, 3.63) is 65.7 Å². The summed E-state index contributed by atoms with van der Waals surface area (Å²) in [7, 11) is 1.54. The van der Waals surface area contributed by atoms with Gasteiger partial charge in [0.1, 0.15) is 0 Å². The molecule has 3 N–H and O–H groups in total. The van der Waals surface area contributed by atoms with Crippen LogP contribution in [-0.2, 0) is 16.0 Å². The molecule has 124 valence electrons. The molecule has 0 unspecified atom stereocenters. The van der Waals surface area contributed by atoms with Gasteiger partial charge in [-0.25, -0.2) is 0 Å². The first-order valence-electron chi connectivity index (χ1n) is 7.51. The molecule has 0 aromatic heterocycles.